The van der Waals surface area contributed by atoms with Crippen molar-refractivity contribution in [3.05, 3.63) is 42.2 Å². The number of carbonyl (C=O) groups excluding carboxylic acids is 1. The van der Waals surface area contributed by atoms with E-state index in [2.05, 4.69) is 20.3 Å². The van der Waals surface area contributed by atoms with Crippen molar-refractivity contribution < 1.29 is 32.5 Å². The average Bonchev–Trinajstić information content (AvgIpc) is 3.55. The van der Waals surface area contributed by atoms with Crippen molar-refractivity contribution in [1.29, 1.82) is 0 Å². The predicted molar refractivity (Wildman–Crippen MR) is 157 cm³/mol. The number of sulfone groups is 1. The van der Waals surface area contributed by atoms with Crippen LogP contribution in [0.4, 0.5) is 0 Å². The van der Waals surface area contributed by atoms with Crippen LogP contribution in [0.2, 0.25) is 0 Å². The van der Waals surface area contributed by atoms with E-state index in [4.69, 9.17) is 14.2 Å². The average molecular weight is 603 g/mol. The zero-order valence-corrected chi connectivity index (χ0v) is 24.8. The van der Waals surface area contributed by atoms with Gasteiger partial charge in [0.2, 0.25) is 5.91 Å². The number of aromatic nitrogens is 2. The second-order valence-corrected chi connectivity index (χ2v) is 14.1. The van der Waals surface area contributed by atoms with E-state index in [0.29, 0.717) is 43.4 Å². The number of thioether (sulfide) groups is 1. The lowest BCUT2D eigenvalue weighted by molar-refractivity contribution is -0.122. The third kappa shape index (κ3) is 7.79. The number of hydrogen-bond acceptors (Lipinski definition) is 10. The first-order chi connectivity index (χ1) is 19.4. The number of aliphatic hydroxyl groups is 1. The number of aliphatic imine (C=N–C) groups is 1. The van der Waals surface area contributed by atoms with Gasteiger partial charge in [-0.15, -0.1) is 0 Å². The molecule has 1 atom stereocenters. The molecule has 2 aromatic heterocycles. The van der Waals surface area contributed by atoms with E-state index >= 15 is 0 Å². The van der Waals surface area contributed by atoms with Crippen molar-refractivity contribution in [2.75, 3.05) is 32.6 Å². The molecule has 1 aromatic carbocycles. The second-order valence-electron chi connectivity index (χ2n) is 10.9. The molecule has 1 saturated heterocycles. The van der Waals surface area contributed by atoms with Crippen molar-refractivity contribution in [2.45, 2.75) is 55.1 Å². The number of hydrogen-bond donors (Lipinski definition) is 3. The molecule has 2 aliphatic heterocycles. The summed E-state index contributed by atoms with van der Waals surface area (Å²) in [4.78, 5) is 24.5. The molecule has 0 saturated carbocycles. The van der Waals surface area contributed by atoms with E-state index in [0.717, 1.165) is 40.7 Å². The Labute approximate surface area is 243 Å². The molecule has 3 aromatic rings. The van der Waals surface area contributed by atoms with Gasteiger partial charge in [-0.2, -0.15) is 0 Å². The molecule has 1 amide bonds. The number of H-pyrrole nitrogens is 1. The number of ether oxygens (including phenoxy) is 3. The third-order valence-electron chi connectivity index (χ3n) is 6.53. The smallest absolute Gasteiger partial charge is 0.221 e. The Morgan fingerprint density at radius 1 is 1.22 bits per heavy atom. The Bertz CT molecular complexity index is 1540. The Kier molecular flexibility index (Phi) is 8.60. The molecular formula is C28H34N4O7S2. The van der Waals surface area contributed by atoms with Crippen LogP contribution in [-0.4, -0.2) is 84.0 Å². The Morgan fingerprint density at radius 2 is 2.00 bits per heavy atom. The molecule has 0 radical (unpaired) electrons. The highest BCUT2D eigenvalue weighted by atomic mass is 32.2. The molecule has 3 N–H and O–H groups in total. The minimum absolute atomic E-state index is 0.00234. The van der Waals surface area contributed by atoms with Gasteiger partial charge in [0.25, 0.3) is 0 Å². The van der Waals surface area contributed by atoms with Crippen molar-refractivity contribution in [2.24, 2.45) is 4.99 Å². The number of nitrogens with one attached hydrogen (secondary N) is 2. The van der Waals surface area contributed by atoms with Crippen molar-refractivity contribution in [3.8, 4) is 17.2 Å². The largest absolute Gasteiger partial charge is 0.488 e. The maximum absolute atomic E-state index is 12.4. The number of carbonyl (C=O) groups is 1. The summed E-state index contributed by atoms with van der Waals surface area (Å²) in [7, 11) is -3.42. The standard InChI is InChI=1S/C28H34N4O7S2/c1-28(2,34)16-31-24(33)13-21-15-30-27(40-21)22-11-17-10-20(38-19-4-5-25(29-14-19)41(3,35)36)12-23(26(17)32-22)39-18-6-8-37-9-7-18/h4-5,10-12,14,18,21,32,34H,6-9,13,15-16H2,1-3H3,(H,31,33). The number of aromatic amines is 1. The Morgan fingerprint density at radius 3 is 2.68 bits per heavy atom. The van der Waals surface area contributed by atoms with Crippen LogP contribution in [0.25, 0.3) is 10.9 Å². The van der Waals surface area contributed by atoms with E-state index in [1.165, 1.54) is 12.3 Å². The van der Waals surface area contributed by atoms with Gasteiger partial charge in [-0.1, -0.05) is 11.8 Å². The van der Waals surface area contributed by atoms with Gasteiger partial charge < -0.3 is 29.6 Å². The molecule has 1 unspecified atom stereocenters. The summed E-state index contributed by atoms with van der Waals surface area (Å²) in [6.45, 7) is 5.28. The number of benzene rings is 1. The fourth-order valence-electron chi connectivity index (χ4n) is 4.47. The van der Waals surface area contributed by atoms with Crippen LogP contribution in [0.1, 0.15) is 38.8 Å². The zero-order chi connectivity index (χ0) is 29.2. The lowest BCUT2D eigenvalue weighted by atomic mass is 10.1. The Balaban J connectivity index is 1.36. The molecule has 2 aliphatic rings. The summed E-state index contributed by atoms with van der Waals surface area (Å²) in [5.41, 5.74) is 0.657. The van der Waals surface area contributed by atoms with E-state index < -0.39 is 15.4 Å². The van der Waals surface area contributed by atoms with Gasteiger partial charge in [-0.05, 0) is 38.1 Å². The fraction of sp³-hybridized carbons (Fsp3) is 0.464. The molecule has 41 heavy (non-hydrogen) atoms. The molecule has 1 fully saturated rings. The number of pyridine rings is 1. The topological polar surface area (TPSA) is 152 Å². The van der Waals surface area contributed by atoms with Gasteiger partial charge in [0, 0.05) is 48.8 Å². The molecule has 0 bridgehead atoms. The van der Waals surface area contributed by atoms with Gasteiger partial charge >= 0.3 is 0 Å². The van der Waals surface area contributed by atoms with Gasteiger partial charge in [0.15, 0.2) is 14.9 Å². The van der Waals surface area contributed by atoms with Crippen LogP contribution in [0.3, 0.4) is 0 Å². The number of rotatable bonds is 10. The summed E-state index contributed by atoms with van der Waals surface area (Å²) in [6.07, 6.45) is 4.33. The number of nitrogens with zero attached hydrogens (tertiary/aromatic N) is 2. The highest BCUT2D eigenvalue weighted by molar-refractivity contribution is 8.15. The number of fused-ring (bicyclic) bond motifs is 1. The lowest BCUT2D eigenvalue weighted by Crippen LogP contribution is -2.39. The quantitative estimate of drug-likeness (QED) is 0.317. The summed E-state index contributed by atoms with van der Waals surface area (Å²) >= 11 is 1.54. The summed E-state index contributed by atoms with van der Waals surface area (Å²) in [6, 6.07) is 8.64. The fourth-order valence-corrected chi connectivity index (χ4v) is 6.12. The second kappa shape index (κ2) is 12.0. The summed E-state index contributed by atoms with van der Waals surface area (Å²) in [5, 5.41) is 14.3. The predicted octanol–water partition coefficient (Wildman–Crippen LogP) is 3.46. The molecule has 220 valence electrons. The van der Waals surface area contributed by atoms with E-state index in [-0.39, 0.29) is 28.8 Å². The van der Waals surface area contributed by atoms with Gasteiger partial charge in [0.05, 0.1) is 42.8 Å². The lowest BCUT2D eigenvalue weighted by Gasteiger charge is -2.24. The molecule has 0 aliphatic carbocycles. The van der Waals surface area contributed by atoms with Crippen molar-refractivity contribution in [1.82, 2.24) is 15.3 Å². The molecule has 4 heterocycles. The maximum Gasteiger partial charge on any atom is 0.221 e. The van der Waals surface area contributed by atoms with Crippen LogP contribution in [0.5, 0.6) is 17.2 Å². The van der Waals surface area contributed by atoms with Crippen LogP contribution in [0, 0.1) is 0 Å². The highest BCUT2D eigenvalue weighted by Gasteiger charge is 2.26. The SMILES string of the molecule is CC(C)(O)CNC(=O)CC1CN=C(c2cc3cc(Oc4ccc(S(C)(=O)=O)nc4)cc(OC4CCOCC4)c3[nH]2)S1. The van der Waals surface area contributed by atoms with E-state index in [9.17, 15) is 18.3 Å². The molecule has 13 heteroatoms. The third-order valence-corrected chi connectivity index (χ3v) is 8.75. The first kappa shape index (κ1) is 29.4. The first-order valence-corrected chi connectivity index (χ1v) is 16.2. The van der Waals surface area contributed by atoms with Crippen LogP contribution >= 0.6 is 11.8 Å². The van der Waals surface area contributed by atoms with E-state index in [1.807, 2.05) is 18.2 Å². The van der Waals surface area contributed by atoms with Crippen LogP contribution in [-0.2, 0) is 19.4 Å². The summed E-state index contributed by atoms with van der Waals surface area (Å²) in [5.74, 6) is 1.42. The minimum Gasteiger partial charge on any atom is -0.488 e. The van der Waals surface area contributed by atoms with E-state index in [1.54, 1.807) is 31.7 Å². The van der Waals surface area contributed by atoms with Crippen molar-refractivity contribution >= 4 is 43.5 Å². The van der Waals surface area contributed by atoms with Gasteiger partial charge in [-0.25, -0.2) is 13.4 Å². The summed E-state index contributed by atoms with van der Waals surface area (Å²) < 4.78 is 41.5. The monoisotopic (exact) mass is 602 g/mol. The Hall–Kier alpha value is -3.13. The van der Waals surface area contributed by atoms with Gasteiger partial charge in [0.1, 0.15) is 28.4 Å². The first-order valence-electron chi connectivity index (χ1n) is 13.4. The normalized spacial score (nSPS) is 18.3. The maximum atomic E-state index is 12.4. The van der Waals surface area contributed by atoms with Gasteiger partial charge in [-0.3, -0.25) is 9.79 Å². The molecule has 0 spiro atoms. The zero-order valence-electron chi connectivity index (χ0n) is 23.2. The molecule has 5 rings (SSSR count). The number of amides is 1. The minimum atomic E-state index is -3.42. The molecular weight excluding hydrogens is 568 g/mol. The highest BCUT2D eigenvalue weighted by Crippen LogP contribution is 2.37. The molecule has 11 nitrogen and oxygen atoms in total. The van der Waals surface area contributed by atoms with Crippen LogP contribution in [0.15, 0.2) is 46.5 Å². The van der Waals surface area contributed by atoms with Crippen LogP contribution < -0.4 is 14.8 Å². The van der Waals surface area contributed by atoms with Crippen molar-refractivity contribution in [3.63, 3.8) is 0 Å².